The van der Waals surface area contributed by atoms with Crippen molar-refractivity contribution in [2.75, 3.05) is 31.7 Å². The van der Waals surface area contributed by atoms with Crippen LogP contribution in [-0.2, 0) is 14.3 Å². The molecule has 0 aromatic heterocycles. The van der Waals surface area contributed by atoms with Crippen LogP contribution in [0.2, 0.25) is 5.02 Å². The summed E-state index contributed by atoms with van der Waals surface area (Å²) in [5, 5.41) is 33.5. The number of ether oxygens (including phenoxy) is 1. The van der Waals surface area contributed by atoms with Crippen LogP contribution in [0.5, 0.6) is 0 Å². The lowest BCUT2D eigenvalue weighted by molar-refractivity contribution is -0.384. The summed E-state index contributed by atoms with van der Waals surface area (Å²) in [4.78, 5) is 33.3. The van der Waals surface area contributed by atoms with Gasteiger partial charge in [0.1, 0.15) is 6.04 Å². The molecule has 0 saturated heterocycles. The maximum Gasteiger partial charge on any atom is 0.321 e. The van der Waals surface area contributed by atoms with Gasteiger partial charge in [-0.15, -0.1) is 0 Å². The number of nitrogens with one attached hydrogen (secondary N) is 2. The van der Waals surface area contributed by atoms with E-state index in [2.05, 4.69) is 10.6 Å². The quantitative estimate of drug-likeness (QED) is 0.250. The molecule has 0 aliphatic carbocycles. The number of anilines is 1. The summed E-state index contributed by atoms with van der Waals surface area (Å²) in [6, 6.07) is 2.37. The first-order chi connectivity index (χ1) is 11.8. The smallest absolute Gasteiger partial charge is 0.321 e. The summed E-state index contributed by atoms with van der Waals surface area (Å²) in [6.45, 7) is 0.324. The zero-order chi connectivity index (χ0) is 18.8. The molecule has 11 heteroatoms. The second-order valence-electron chi connectivity index (χ2n) is 4.85. The maximum absolute atomic E-state index is 12.0. The summed E-state index contributed by atoms with van der Waals surface area (Å²) in [5.74, 6) is -1.90. The predicted molar refractivity (Wildman–Crippen MR) is 88.7 cm³/mol. The molecule has 1 amide bonds. The number of benzene rings is 1. The number of non-ortho nitro benzene ring substituents is 1. The van der Waals surface area contributed by atoms with Gasteiger partial charge in [0.2, 0.25) is 5.91 Å². The number of aliphatic hydroxyl groups is 1. The van der Waals surface area contributed by atoms with Crippen molar-refractivity contribution < 1.29 is 29.5 Å². The molecule has 1 unspecified atom stereocenters. The molecule has 10 nitrogen and oxygen atoms in total. The number of nitro groups is 1. The van der Waals surface area contributed by atoms with E-state index >= 15 is 0 Å². The summed E-state index contributed by atoms with van der Waals surface area (Å²) >= 11 is 5.87. The standard InChI is InChI=1S/C14H18ClN3O7/c15-10-2-1-9(18(23)24)7-11(10)17-13(20)8-12(14(21)22)16-3-5-25-6-4-19/h1-2,7,12,16,19H,3-6,8H2,(H,17,20)(H,21,22). The lowest BCUT2D eigenvalue weighted by atomic mass is 10.2. The Bertz CT molecular complexity index is 626. The molecule has 0 spiro atoms. The van der Waals surface area contributed by atoms with Crippen LogP contribution in [0.3, 0.4) is 0 Å². The summed E-state index contributed by atoms with van der Waals surface area (Å²) in [7, 11) is 0. The first-order valence-electron chi connectivity index (χ1n) is 7.23. The molecule has 1 aromatic carbocycles. The largest absolute Gasteiger partial charge is 0.480 e. The Morgan fingerprint density at radius 3 is 2.68 bits per heavy atom. The van der Waals surface area contributed by atoms with Gasteiger partial charge in [-0.25, -0.2) is 0 Å². The number of carboxylic acid groups (broad SMARTS) is 1. The van der Waals surface area contributed by atoms with E-state index in [4.69, 9.17) is 26.6 Å². The Morgan fingerprint density at radius 2 is 2.08 bits per heavy atom. The lowest BCUT2D eigenvalue weighted by Crippen LogP contribution is -2.41. The highest BCUT2D eigenvalue weighted by atomic mass is 35.5. The number of carbonyl (C=O) groups is 2. The molecule has 25 heavy (non-hydrogen) atoms. The number of halogens is 1. The van der Waals surface area contributed by atoms with E-state index in [1.54, 1.807) is 0 Å². The zero-order valence-electron chi connectivity index (χ0n) is 13.1. The van der Waals surface area contributed by atoms with Gasteiger partial charge in [0.25, 0.3) is 5.69 Å². The van der Waals surface area contributed by atoms with Crippen LogP contribution in [0.25, 0.3) is 0 Å². The van der Waals surface area contributed by atoms with Gasteiger partial charge in [0.05, 0.1) is 41.9 Å². The second kappa shape index (κ2) is 10.6. The molecular weight excluding hydrogens is 358 g/mol. The SMILES string of the molecule is O=C(CC(NCCOCCO)C(=O)O)Nc1cc([N+](=O)[O-])ccc1Cl. The van der Waals surface area contributed by atoms with Crippen molar-refractivity contribution in [2.24, 2.45) is 0 Å². The normalized spacial score (nSPS) is 11.8. The number of nitrogens with zero attached hydrogens (tertiary/aromatic N) is 1. The van der Waals surface area contributed by atoms with E-state index in [1.165, 1.54) is 12.1 Å². The molecule has 0 bridgehead atoms. The topological polar surface area (TPSA) is 151 Å². The third-order valence-corrected chi connectivity index (χ3v) is 3.32. The number of nitro benzene ring substituents is 1. The van der Waals surface area contributed by atoms with Crippen molar-refractivity contribution in [1.82, 2.24) is 5.32 Å². The lowest BCUT2D eigenvalue weighted by Gasteiger charge is -2.14. The number of hydrogen-bond acceptors (Lipinski definition) is 7. The molecule has 0 aliphatic heterocycles. The monoisotopic (exact) mass is 375 g/mol. The van der Waals surface area contributed by atoms with E-state index in [1.807, 2.05) is 0 Å². The highest BCUT2D eigenvalue weighted by molar-refractivity contribution is 6.33. The van der Waals surface area contributed by atoms with Gasteiger partial charge < -0.3 is 25.6 Å². The van der Waals surface area contributed by atoms with Gasteiger partial charge in [-0.1, -0.05) is 11.6 Å². The van der Waals surface area contributed by atoms with Gasteiger partial charge in [-0.2, -0.15) is 0 Å². The number of hydrogen-bond donors (Lipinski definition) is 4. The Labute approximate surface area is 147 Å². The van der Waals surface area contributed by atoms with Crippen LogP contribution in [0.4, 0.5) is 11.4 Å². The molecule has 1 aromatic rings. The third kappa shape index (κ3) is 7.44. The Morgan fingerprint density at radius 1 is 1.36 bits per heavy atom. The van der Waals surface area contributed by atoms with Crippen molar-refractivity contribution in [3.8, 4) is 0 Å². The molecule has 1 atom stereocenters. The number of aliphatic carboxylic acids is 1. The van der Waals surface area contributed by atoms with E-state index in [-0.39, 0.29) is 42.8 Å². The minimum Gasteiger partial charge on any atom is -0.480 e. The molecular formula is C14H18ClN3O7. The van der Waals surface area contributed by atoms with Crippen LogP contribution in [-0.4, -0.2) is 59.4 Å². The fraction of sp³-hybridized carbons (Fsp3) is 0.429. The van der Waals surface area contributed by atoms with E-state index in [0.29, 0.717) is 0 Å². The van der Waals surface area contributed by atoms with E-state index in [9.17, 15) is 19.7 Å². The number of rotatable bonds is 11. The molecule has 0 heterocycles. The average Bonchev–Trinajstić information content (AvgIpc) is 2.55. The number of carboxylic acids is 1. The van der Waals surface area contributed by atoms with Crippen LogP contribution >= 0.6 is 11.6 Å². The van der Waals surface area contributed by atoms with Crippen LogP contribution in [0.15, 0.2) is 18.2 Å². The maximum atomic E-state index is 12.0. The molecule has 0 radical (unpaired) electrons. The third-order valence-electron chi connectivity index (χ3n) is 3.00. The van der Waals surface area contributed by atoms with Gasteiger partial charge in [-0.05, 0) is 6.07 Å². The molecule has 4 N–H and O–H groups in total. The van der Waals surface area contributed by atoms with Crippen molar-refractivity contribution in [1.29, 1.82) is 0 Å². The van der Waals surface area contributed by atoms with E-state index < -0.39 is 29.3 Å². The second-order valence-corrected chi connectivity index (χ2v) is 5.26. The highest BCUT2D eigenvalue weighted by Gasteiger charge is 2.21. The molecule has 138 valence electrons. The van der Waals surface area contributed by atoms with Crippen molar-refractivity contribution in [3.05, 3.63) is 33.3 Å². The number of amides is 1. The Hall–Kier alpha value is -2.27. The Balaban J connectivity index is 2.61. The van der Waals surface area contributed by atoms with Crippen molar-refractivity contribution in [3.63, 3.8) is 0 Å². The van der Waals surface area contributed by atoms with Crippen LogP contribution in [0, 0.1) is 10.1 Å². The van der Waals surface area contributed by atoms with Gasteiger partial charge >= 0.3 is 5.97 Å². The molecule has 0 saturated carbocycles. The first-order valence-corrected chi connectivity index (χ1v) is 7.61. The van der Waals surface area contributed by atoms with E-state index in [0.717, 1.165) is 6.07 Å². The minimum atomic E-state index is -1.23. The minimum absolute atomic E-state index is 0.0243. The highest BCUT2D eigenvalue weighted by Crippen LogP contribution is 2.26. The predicted octanol–water partition coefficient (Wildman–Crippen LogP) is 0.629. The number of aliphatic hydroxyl groups excluding tert-OH is 1. The first kappa shape index (κ1) is 20.8. The number of carbonyl (C=O) groups excluding carboxylic acids is 1. The van der Waals surface area contributed by atoms with Gasteiger partial charge in [0, 0.05) is 18.7 Å². The molecule has 1 rings (SSSR count). The van der Waals surface area contributed by atoms with Crippen molar-refractivity contribution >= 4 is 34.9 Å². The average molecular weight is 376 g/mol. The Kier molecular flexibility index (Phi) is 8.78. The van der Waals surface area contributed by atoms with Gasteiger partial charge in [0.15, 0.2) is 0 Å². The molecule has 0 aliphatic rings. The van der Waals surface area contributed by atoms with Crippen LogP contribution < -0.4 is 10.6 Å². The fourth-order valence-electron chi connectivity index (χ4n) is 1.83. The van der Waals surface area contributed by atoms with Crippen LogP contribution in [0.1, 0.15) is 6.42 Å². The summed E-state index contributed by atoms with van der Waals surface area (Å²) in [5.41, 5.74) is -0.232. The van der Waals surface area contributed by atoms with Gasteiger partial charge in [-0.3, -0.25) is 19.7 Å². The fourth-order valence-corrected chi connectivity index (χ4v) is 1.99. The summed E-state index contributed by atoms with van der Waals surface area (Å²) < 4.78 is 4.98. The zero-order valence-corrected chi connectivity index (χ0v) is 13.9. The van der Waals surface area contributed by atoms with Crippen molar-refractivity contribution in [2.45, 2.75) is 12.5 Å². The summed E-state index contributed by atoms with van der Waals surface area (Å²) in [6.07, 6.45) is -0.408. The molecule has 0 fully saturated rings.